The molecule has 1 aliphatic rings. The predicted molar refractivity (Wildman–Crippen MR) is 85.6 cm³/mol. The van der Waals surface area contributed by atoms with E-state index in [2.05, 4.69) is 5.10 Å². The van der Waals surface area contributed by atoms with Crippen LogP contribution < -0.4 is 0 Å². The van der Waals surface area contributed by atoms with Crippen molar-refractivity contribution >= 4 is 11.6 Å². The Morgan fingerprint density at radius 1 is 1.15 bits per heavy atom. The lowest BCUT2D eigenvalue weighted by Gasteiger charge is -2.32. The molecule has 136 valence electrons. The molecule has 2 aromatic carbocycles. The van der Waals surface area contributed by atoms with E-state index in [-0.39, 0.29) is 22.7 Å². The van der Waals surface area contributed by atoms with Gasteiger partial charge < -0.3 is 5.11 Å². The Hall–Kier alpha value is -2.74. The molecule has 0 spiro atoms. The zero-order chi connectivity index (χ0) is 18.9. The van der Waals surface area contributed by atoms with Crippen molar-refractivity contribution in [2.75, 3.05) is 0 Å². The maximum atomic E-state index is 13.5. The highest BCUT2D eigenvalue weighted by Crippen LogP contribution is 2.41. The van der Waals surface area contributed by atoms with Gasteiger partial charge in [-0.15, -0.1) is 0 Å². The molecule has 0 saturated carbocycles. The Labute approximate surface area is 146 Å². The summed E-state index contributed by atoms with van der Waals surface area (Å²) in [5, 5.41) is 13.9. The van der Waals surface area contributed by atoms with Gasteiger partial charge >= 0.3 is 6.18 Å². The standard InChI is InChI=1S/C18H14F4N2O2/c19-14-8-4-7-13(10-14)15-11-17(26,18(20,21)22)24(23-15)16(25)9-12-5-2-1-3-6-12/h1-8,10,26H,9,11H2. The number of carbonyl (C=O) groups is 1. The van der Waals surface area contributed by atoms with Gasteiger partial charge in [0, 0.05) is 5.56 Å². The Morgan fingerprint density at radius 3 is 2.46 bits per heavy atom. The molecule has 1 amide bonds. The lowest BCUT2D eigenvalue weighted by Crippen LogP contribution is -2.57. The Bertz CT molecular complexity index is 852. The third kappa shape index (κ3) is 3.32. The van der Waals surface area contributed by atoms with Crippen molar-refractivity contribution in [2.24, 2.45) is 5.10 Å². The molecular weight excluding hydrogens is 352 g/mol. The molecule has 1 aliphatic heterocycles. The molecule has 1 unspecified atom stereocenters. The lowest BCUT2D eigenvalue weighted by atomic mass is 10.0. The number of aliphatic hydroxyl groups is 1. The number of hydrazone groups is 1. The number of alkyl halides is 3. The molecule has 26 heavy (non-hydrogen) atoms. The third-order valence-corrected chi connectivity index (χ3v) is 4.03. The summed E-state index contributed by atoms with van der Waals surface area (Å²) in [6.45, 7) is 0. The minimum Gasteiger partial charge on any atom is -0.362 e. The highest BCUT2D eigenvalue weighted by Gasteiger charge is 2.63. The van der Waals surface area contributed by atoms with E-state index < -0.39 is 30.0 Å². The van der Waals surface area contributed by atoms with E-state index in [1.807, 2.05) is 0 Å². The smallest absolute Gasteiger partial charge is 0.362 e. The van der Waals surface area contributed by atoms with Crippen molar-refractivity contribution in [1.29, 1.82) is 0 Å². The highest BCUT2D eigenvalue weighted by molar-refractivity contribution is 6.03. The second-order valence-corrected chi connectivity index (χ2v) is 5.92. The highest BCUT2D eigenvalue weighted by atomic mass is 19.4. The molecule has 4 nitrogen and oxygen atoms in total. The number of nitrogens with zero attached hydrogens (tertiary/aromatic N) is 2. The van der Waals surface area contributed by atoms with Crippen LogP contribution in [0.1, 0.15) is 17.5 Å². The van der Waals surface area contributed by atoms with Crippen molar-refractivity contribution in [3.05, 3.63) is 71.5 Å². The molecule has 0 aliphatic carbocycles. The SMILES string of the molecule is O=C(Cc1ccccc1)N1N=C(c2cccc(F)c2)CC1(O)C(F)(F)F. The fourth-order valence-corrected chi connectivity index (χ4v) is 2.70. The van der Waals surface area contributed by atoms with Crippen LogP contribution in [0.4, 0.5) is 17.6 Å². The maximum absolute atomic E-state index is 13.5. The van der Waals surface area contributed by atoms with Crippen LogP contribution in [0, 0.1) is 5.82 Å². The van der Waals surface area contributed by atoms with Gasteiger partial charge in [0.05, 0.1) is 18.6 Å². The van der Waals surface area contributed by atoms with E-state index in [0.717, 1.165) is 12.1 Å². The number of hydrogen-bond donors (Lipinski definition) is 1. The Kier molecular flexibility index (Phi) is 4.53. The molecule has 0 saturated heterocycles. The van der Waals surface area contributed by atoms with Gasteiger partial charge in [-0.3, -0.25) is 4.79 Å². The summed E-state index contributed by atoms with van der Waals surface area (Å²) >= 11 is 0. The monoisotopic (exact) mass is 366 g/mol. The summed E-state index contributed by atoms with van der Waals surface area (Å²) in [6.07, 6.45) is -6.46. The second-order valence-electron chi connectivity index (χ2n) is 5.92. The second kappa shape index (κ2) is 6.53. The number of halogens is 4. The molecule has 1 atom stereocenters. The van der Waals surface area contributed by atoms with Gasteiger partial charge in [0.15, 0.2) is 0 Å². The average Bonchev–Trinajstić information content (AvgIpc) is 2.95. The predicted octanol–water partition coefficient (Wildman–Crippen LogP) is 3.26. The van der Waals surface area contributed by atoms with E-state index in [0.29, 0.717) is 5.56 Å². The number of amides is 1. The maximum Gasteiger partial charge on any atom is 0.438 e. The topological polar surface area (TPSA) is 52.9 Å². The van der Waals surface area contributed by atoms with Crippen molar-refractivity contribution in [1.82, 2.24) is 5.01 Å². The summed E-state index contributed by atoms with van der Waals surface area (Å²) < 4.78 is 53.8. The van der Waals surface area contributed by atoms with E-state index in [1.54, 1.807) is 30.3 Å². The first kappa shape index (κ1) is 18.1. The molecule has 1 heterocycles. The van der Waals surface area contributed by atoms with Gasteiger partial charge in [-0.25, -0.2) is 4.39 Å². The molecule has 3 rings (SSSR count). The van der Waals surface area contributed by atoms with Gasteiger partial charge in [-0.2, -0.15) is 23.3 Å². The zero-order valence-corrected chi connectivity index (χ0v) is 13.4. The number of hydrogen-bond acceptors (Lipinski definition) is 3. The Balaban J connectivity index is 1.96. The van der Waals surface area contributed by atoms with Crippen molar-refractivity contribution in [2.45, 2.75) is 24.7 Å². The average molecular weight is 366 g/mol. The van der Waals surface area contributed by atoms with Crippen LogP contribution in [0.25, 0.3) is 0 Å². The van der Waals surface area contributed by atoms with E-state index >= 15 is 0 Å². The van der Waals surface area contributed by atoms with Crippen LogP contribution >= 0.6 is 0 Å². The molecule has 0 aromatic heterocycles. The molecule has 0 fully saturated rings. The number of rotatable bonds is 3. The lowest BCUT2D eigenvalue weighted by molar-refractivity contribution is -0.302. The molecule has 1 N–H and O–H groups in total. The molecule has 0 radical (unpaired) electrons. The van der Waals surface area contributed by atoms with E-state index in [1.165, 1.54) is 12.1 Å². The van der Waals surface area contributed by atoms with Crippen molar-refractivity contribution < 1.29 is 27.5 Å². The first-order chi connectivity index (χ1) is 12.2. The first-order valence-electron chi connectivity index (χ1n) is 7.70. The van der Waals surface area contributed by atoms with Crippen LogP contribution in [0.2, 0.25) is 0 Å². The normalized spacial score (nSPS) is 20.2. The van der Waals surface area contributed by atoms with E-state index in [4.69, 9.17) is 0 Å². The number of benzene rings is 2. The quantitative estimate of drug-likeness (QED) is 0.848. The third-order valence-electron chi connectivity index (χ3n) is 4.03. The van der Waals surface area contributed by atoms with Crippen molar-refractivity contribution in [3.8, 4) is 0 Å². The van der Waals surface area contributed by atoms with Gasteiger partial charge in [-0.1, -0.05) is 42.5 Å². The zero-order valence-electron chi connectivity index (χ0n) is 13.4. The van der Waals surface area contributed by atoms with Gasteiger partial charge in [0.25, 0.3) is 5.72 Å². The van der Waals surface area contributed by atoms with Crippen LogP contribution in [0.3, 0.4) is 0 Å². The van der Waals surface area contributed by atoms with E-state index in [9.17, 15) is 27.5 Å². The van der Waals surface area contributed by atoms with Crippen LogP contribution in [-0.2, 0) is 11.2 Å². The largest absolute Gasteiger partial charge is 0.438 e. The summed E-state index contributed by atoms with van der Waals surface area (Å²) in [6, 6.07) is 13.0. The minimum atomic E-state index is -5.13. The summed E-state index contributed by atoms with van der Waals surface area (Å²) in [5.41, 5.74) is -3.13. The van der Waals surface area contributed by atoms with Crippen LogP contribution in [0.5, 0.6) is 0 Å². The van der Waals surface area contributed by atoms with Gasteiger partial charge in [0.2, 0.25) is 5.91 Å². The van der Waals surface area contributed by atoms with Gasteiger partial charge in [-0.05, 0) is 17.7 Å². The van der Waals surface area contributed by atoms with Crippen LogP contribution in [-0.4, -0.2) is 33.6 Å². The molecule has 2 aromatic rings. The summed E-state index contributed by atoms with van der Waals surface area (Å²) in [4.78, 5) is 12.4. The van der Waals surface area contributed by atoms with Gasteiger partial charge in [0.1, 0.15) is 5.82 Å². The fourth-order valence-electron chi connectivity index (χ4n) is 2.70. The molecule has 0 bridgehead atoms. The first-order valence-corrected chi connectivity index (χ1v) is 7.70. The molecule has 8 heteroatoms. The van der Waals surface area contributed by atoms with Crippen molar-refractivity contribution in [3.63, 3.8) is 0 Å². The summed E-state index contributed by atoms with van der Waals surface area (Å²) in [7, 11) is 0. The fraction of sp³-hybridized carbons (Fsp3) is 0.222. The number of carbonyl (C=O) groups excluding carboxylic acids is 1. The van der Waals surface area contributed by atoms with Crippen LogP contribution in [0.15, 0.2) is 59.7 Å². The minimum absolute atomic E-state index is 0.0558. The molecular formula is C18H14F4N2O2. The summed E-state index contributed by atoms with van der Waals surface area (Å²) in [5.74, 6) is -1.67. The Morgan fingerprint density at radius 2 is 1.85 bits per heavy atom.